The van der Waals surface area contributed by atoms with E-state index in [-0.39, 0.29) is 17.9 Å². The number of amides is 2. The third-order valence-electron chi connectivity index (χ3n) is 4.29. The Labute approximate surface area is 124 Å². The standard InChI is InChI=1S/C16H21FN2O2/c17-14-5-3-13(4-6-14)12-15-2-1-7-19(15)16(20)18-8-10-21-11-9-18/h3-6,15H,1-2,7-12H2. The molecule has 0 radical (unpaired) electrons. The fraction of sp³-hybridized carbons (Fsp3) is 0.562. The quantitative estimate of drug-likeness (QED) is 0.838. The highest BCUT2D eigenvalue weighted by Crippen LogP contribution is 2.23. The number of carbonyl (C=O) groups excluding carboxylic acids is 1. The molecule has 2 amide bonds. The number of morpholine rings is 1. The maximum absolute atomic E-state index is 13.0. The Morgan fingerprint density at radius 3 is 2.62 bits per heavy atom. The maximum Gasteiger partial charge on any atom is 0.320 e. The van der Waals surface area contributed by atoms with Crippen molar-refractivity contribution in [2.45, 2.75) is 25.3 Å². The van der Waals surface area contributed by atoms with Gasteiger partial charge in [0.05, 0.1) is 13.2 Å². The Morgan fingerprint density at radius 1 is 1.19 bits per heavy atom. The van der Waals surface area contributed by atoms with E-state index in [1.807, 2.05) is 21.9 Å². The summed E-state index contributed by atoms with van der Waals surface area (Å²) in [6, 6.07) is 6.95. The highest BCUT2D eigenvalue weighted by atomic mass is 19.1. The number of likely N-dealkylation sites (tertiary alicyclic amines) is 1. The van der Waals surface area contributed by atoms with Crippen LogP contribution < -0.4 is 0 Å². The molecule has 1 unspecified atom stereocenters. The molecule has 21 heavy (non-hydrogen) atoms. The SMILES string of the molecule is O=C(N1CCOCC1)N1CCCC1Cc1ccc(F)cc1. The number of ether oxygens (including phenoxy) is 1. The van der Waals surface area contributed by atoms with Crippen LogP contribution in [0.2, 0.25) is 0 Å². The normalized spacial score (nSPS) is 22.6. The number of urea groups is 1. The molecule has 1 aromatic carbocycles. The van der Waals surface area contributed by atoms with Crippen molar-refractivity contribution < 1.29 is 13.9 Å². The first-order valence-corrected chi connectivity index (χ1v) is 7.62. The molecular weight excluding hydrogens is 271 g/mol. The molecule has 0 saturated carbocycles. The van der Waals surface area contributed by atoms with Crippen molar-refractivity contribution >= 4 is 6.03 Å². The summed E-state index contributed by atoms with van der Waals surface area (Å²) in [6.45, 7) is 3.43. The number of nitrogens with zero attached hydrogens (tertiary/aromatic N) is 2. The Kier molecular flexibility index (Phi) is 4.39. The Bertz CT molecular complexity index is 486. The van der Waals surface area contributed by atoms with Gasteiger partial charge < -0.3 is 14.5 Å². The van der Waals surface area contributed by atoms with Crippen molar-refractivity contribution in [2.75, 3.05) is 32.8 Å². The van der Waals surface area contributed by atoms with Gasteiger partial charge in [0.2, 0.25) is 0 Å². The summed E-state index contributed by atoms with van der Waals surface area (Å²) < 4.78 is 18.3. The number of benzene rings is 1. The Morgan fingerprint density at radius 2 is 1.90 bits per heavy atom. The van der Waals surface area contributed by atoms with Gasteiger partial charge >= 0.3 is 6.03 Å². The van der Waals surface area contributed by atoms with Gasteiger partial charge in [-0.25, -0.2) is 9.18 Å². The van der Waals surface area contributed by atoms with Crippen LogP contribution >= 0.6 is 0 Å². The van der Waals surface area contributed by atoms with E-state index in [1.54, 1.807) is 0 Å². The second-order valence-electron chi connectivity index (χ2n) is 5.70. The lowest BCUT2D eigenvalue weighted by molar-refractivity contribution is 0.0422. The average Bonchev–Trinajstić information content (AvgIpc) is 2.98. The molecule has 2 aliphatic heterocycles. The zero-order valence-electron chi connectivity index (χ0n) is 12.1. The molecule has 5 heteroatoms. The van der Waals surface area contributed by atoms with Crippen LogP contribution in [0.4, 0.5) is 9.18 Å². The molecule has 4 nitrogen and oxygen atoms in total. The molecule has 0 aliphatic carbocycles. The van der Waals surface area contributed by atoms with E-state index in [1.165, 1.54) is 12.1 Å². The van der Waals surface area contributed by atoms with Crippen molar-refractivity contribution in [3.63, 3.8) is 0 Å². The second-order valence-corrected chi connectivity index (χ2v) is 5.70. The summed E-state index contributed by atoms with van der Waals surface area (Å²) >= 11 is 0. The van der Waals surface area contributed by atoms with Crippen LogP contribution in [0.1, 0.15) is 18.4 Å². The number of hydrogen-bond acceptors (Lipinski definition) is 2. The number of hydrogen-bond donors (Lipinski definition) is 0. The zero-order valence-corrected chi connectivity index (χ0v) is 12.1. The lowest BCUT2D eigenvalue weighted by Gasteiger charge is -2.34. The first-order chi connectivity index (χ1) is 10.2. The fourth-order valence-electron chi connectivity index (χ4n) is 3.13. The predicted octanol–water partition coefficient (Wildman–Crippen LogP) is 2.28. The summed E-state index contributed by atoms with van der Waals surface area (Å²) in [7, 11) is 0. The molecular formula is C16H21FN2O2. The van der Waals surface area contributed by atoms with Gasteiger partial charge in [-0.15, -0.1) is 0 Å². The van der Waals surface area contributed by atoms with Gasteiger partial charge in [0, 0.05) is 25.7 Å². The van der Waals surface area contributed by atoms with Crippen LogP contribution in [-0.2, 0) is 11.2 Å². The number of rotatable bonds is 2. The van der Waals surface area contributed by atoms with E-state index in [0.717, 1.165) is 31.4 Å². The van der Waals surface area contributed by atoms with Gasteiger partial charge in [-0.3, -0.25) is 0 Å². The molecule has 2 saturated heterocycles. The van der Waals surface area contributed by atoms with E-state index in [0.29, 0.717) is 26.3 Å². The lowest BCUT2D eigenvalue weighted by Crippen LogP contribution is -2.50. The van der Waals surface area contributed by atoms with E-state index >= 15 is 0 Å². The average molecular weight is 292 g/mol. The van der Waals surface area contributed by atoms with Crippen LogP contribution in [0.5, 0.6) is 0 Å². The fourth-order valence-corrected chi connectivity index (χ4v) is 3.13. The van der Waals surface area contributed by atoms with Crippen LogP contribution in [0.15, 0.2) is 24.3 Å². The maximum atomic E-state index is 13.0. The number of halogens is 1. The molecule has 1 aromatic rings. The van der Waals surface area contributed by atoms with E-state index < -0.39 is 0 Å². The van der Waals surface area contributed by atoms with Gasteiger partial charge in [-0.1, -0.05) is 12.1 Å². The minimum atomic E-state index is -0.216. The zero-order chi connectivity index (χ0) is 14.7. The molecule has 0 aromatic heterocycles. The topological polar surface area (TPSA) is 32.8 Å². The monoisotopic (exact) mass is 292 g/mol. The van der Waals surface area contributed by atoms with Gasteiger partial charge in [0.1, 0.15) is 5.82 Å². The molecule has 114 valence electrons. The van der Waals surface area contributed by atoms with Crippen LogP contribution in [0.3, 0.4) is 0 Å². The third kappa shape index (κ3) is 3.35. The Balaban J connectivity index is 1.64. The van der Waals surface area contributed by atoms with Gasteiger partial charge in [-0.2, -0.15) is 0 Å². The van der Waals surface area contributed by atoms with Crippen molar-refractivity contribution in [3.8, 4) is 0 Å². The van der Waals surface area contributed by atoms with Crippen LogP contribution in [0, 0.1) is 5.82 Å². The number of carbonyl (C=O) groups is 1. The summed E-state index contributed by atoms with van der Waals surface area (Å²) in [6.07, 6.45) is 2.87. The van der Waals surface area contributed by atoms with E-state index in [9.17, 15) is 9.18 Å². The summed E-state index contributed by atoms with van der Waals surface area (Å²) in [5, 5.41) is 0. The van der Waals surface area contributed by atoms with Gasteiger partial charge in [0.15, 0.2) is 0 Å². The second kappa shape index (κ2) is 6.43. The molecule has 0 N–H and O–H groups in total. The van der Waals surface area contributed by atoms with Gasteiger partial charge in [-0.05, 0) is 37.0 Å². The first-order valence-electron chi connectivity index (χ1n) is 7.62. The Hall–Kier alpha value is -1.62. The molecule has 2 aliphatic rings. The van der Waals surface area contributed by atoms with Gasteiger partial charge in [0.25, 0.3) is 0 Å². The van der Waals surface area contributed by atoms with Crippen LogP contribution in [0.25, 0.3) is 0 Å². The highest BCUT2D eigenvalue weighted by Gasteiger charge is 2.32. The summed E-state index contributed by atoms with van der Waals surface area (Å²) in [4.78, 5) is 16.5. The minimum Gasteiger partial charge on any atom is -0.378 e. The third-order valence-corrected chi connectivity index (χ3v) is 4.29. The molecule has 0 bridgehead atoms. The summed E-state index contributed by atoms with van der Waals surface area (Å²) in [5.74, 6) is -0.216. The van der Waals surface area contributed by atoms with Crippen molar-refractivity contribution in [1.29, 1.82) is 0 Å². The minimum absolute atomic E-state index is 0.128. The van der Waals surface area contributed by atoms with Crippen molar-refractivity contribution in [2.24, 2.45) is 0 Å². The molecule has 2 fully saturated rings. The van der Waals surface area contributed by atoms with E-state index in [2.05, 4.69) is 0 Å². The van der Waals surface area contributed by atoms with Crippen LogP contribution in [-0.4, -0.2) is 54.7 Å². The first kappa shape index (κ1) is 14.3. The highest BCUT2D eigenvalue weighted by molar-refractivity contribution is 5.75. The van der Waals surface area contributed by atoms with Crippen molar-refractivity contribution in [3.05, 3.63) is 35.6 Å². The smallest absolute Gasteiger partial charge is 0.320 e. The molecule has 2 heterocycles. The lowest BCUT2D eigenvalue weighted by atomic mass is 10.0. The summed E-state index contributed by atoms with van der Waals surface area (Å²) in [5.41, 5.74) is 1.09. The van der Waals surface area contributed by atoms with Crippen molar-refractivity contribution in [1.82, 2.24) is 9.80 Å². The molecule has 0 spiro atoms. The largest absolute Gasteiger partial charge is 0.378 e. The predicted molar refractivity (Wildman–Crippen MR) is 77.6 cm³/mol. The molecule has 1 atom stereocenters. The molecule has 3 rings (SSSR count). The van der Waals surface area contributed by atoms with E-state index in [4.69, 9.17) is 4.74 Å².